The second kappa shape index (κ2) is 10.8. The van der Waals surface area contributed by atoms with E-state index in [4.69, 9.17) is 9.47 Å². The van der Waals surface area contributed by atoms with Crippen molar-refractivity contribution in [1.82, 2.24) is 10.2 Å². The Morgan fingerprint density at radius 3 is 2.77 bits per heavy atom. The van der Waals surface area contributed by atoms with Crippen LogP contribution in [0.5, 0.6) is 0 Å². The summed E-state index contributed by atoms with van der Waals surface area (Å²) in [6.07, 6.45) is 0. The maximum atomic E-state index is 5.66. The van der Waals surface area contributed by atoms with Crippen molar-refractivity contribution in [2.45, 2.75) is 38.7 Å². The number of rotatable bonds is 8. The number of nitrogens with zero attached hydrogens (tertiary/aromatic N) is 2. The van der Waals surface area contributed by atoms with Crippen molar-refractivity contribution in [3.05, 3.63) is 35.4 Å². The summed E-state index contributed by atoms with van der Waals surface area (Å²) in [6.45, 7) is 12.1. The van der Waals surface area contributed by atoms with Crippen molar-refractivity contribution in [3.63, 3.8) is 0 Å². The average Bonchev–Trinajstić information content (AvgIpc) is 2.62. The number of hydrogen-bond donors (Lipinski definition) is 1. The molecule has 5 nitrogen and oxygen atoms in total. The van der Waals surface area contributed by atoms with Crippen molar-refractivity contribution < 1.29 is 9.47 Å². The van der Waals surface area contributed by atoms with E-state index in [1.54, 1.807) is 0 Å². The molecule has 0 saturated carbocycles. The lowest BCUT2D eigenvalue weighted by Gasteiger charge is -2.39. The zero-order valence-electron chi connectivity index (χ0n) is 16.6. The largest absolute Gasteiger partial charge is 0.379 e. The number of aliphatic imine (C=N–C) groups is 1. The van der Waals surface area contributed by atoms with Crippen LogP contribution < -0.4 is 5.32 Å². The monoisotopic (exact) mass is 379 g/mol. The summed E-state index contributed by atoms with van der Waals surface area (Å²) in [4.78, 5) is 6.83. The Labute approximate surface area is 162 Å². The maximum absolute atomic E-state index is 5.66. The molecule has 1 N–H and O–H groups in total. The summed E-state index contributed by atoms with van der Waals surface area (Å²) < 4.78 is 11.2. The maximum Gasteiger partial charge on any atom is 0.193 e. The Kier molecular flexibility index (Phi) is 8.75. The fourth-order valence-corrected chi connectivity index (χ4v) is 4.10. The molecule has 26 heavy (non-hydrogen) atoms. The van der Waals surface area contributed by atoms with Gasteiger partial charge in [-0.3, -0.25) is 4.99 Å². The molecule has 1 heterocycles. The van der Waals surface area contributed by atoms with Crippen molar-refractivity contribution in [2.75, 3.05) is 45.7 Å². The first-order chi connectivity index (χ1) is 12.5. The third-order valence-corrected chi connectivity index (χ3v) is 5.52. The number of thioether (sulfide) groups is 1. The van der Waals surface area contributed by atoms with E-state index in [-0.39, 0.29) is 4.75 Å². The molecule has 0 radical (unpaired) electrons. The lowest BCUT2D eigenvalue weighted by atomic mass is 10.1. The van der Waals surface area contributed by atoms with Gasteiger partial charge in [0.05, 0.1) is 19.8 Å². The van der Waals surface area contributed by atoms with Gasteiger partial charge in [0.25, 0.3) is 0 Å². The van der Waals surface area contributed by atoms with E-state index in [1.807, 2.05) is 25.7 Å². The highest BCUT2D eigenvalue weighted by Gasteiger charge is 2.28. The first kappa shape index (κ1) is 21.1. The van der Waals surface area contributed by atoms with Crippen LogP contribution in [-0.4, -0.2) is 61.3 Å². The van der Waals surface area contributed by atoms with E-state index >= 15 is 0 Å². The summed E-state index contributed by atoms with van der Waals surface area (Å²) in [5, 5.41) is 3.51. The average molecular weight is 380 g/mol. The minimum Gasteiger partial charge on any atom is -0.379 e. The van der Waals surface area contributed by atoms with Gasteiger partial charge in [0, 0.05) is 43.8 Å². The Morgan fingerprint density at radius 2 is 2.04 bits per heavy atom. The lowest BCUT2D eigenvalue weighted by Crippen LogP contribution is -2.50. The third-order valence-electron chi connectivity index (χ3n) is 4.22. The third kappa shape index (κ3) is 7.17. The van der Waals surface area contributed by atoms with Crippen LogP contribution in [0.4, 0.5) is 0 Å². The number of ether oxygens (including phenoxy) is 2. The zero-order valence-corrected chi connectivity index (χ0v) is 17.4. The molecule has 1 aromatic carbocycles. The molecule has 6 heteroatoms. The smallest absolute Gasteiger partial charge is 0.193 e. The minimum atomic E-state index is 0.272. The number of guanidine groups is 1. The van der Waals surface area contributed by atoms with Gasteiger partial charge in [-0.15, -0.1) is 0 Å². The van der Waals surface area contributed by atoms with Crippen LogP contribution in [0.25, 0.3) is 0 Å². The van der Waals surface area contributed by atoms with Gasteiger partial charge in [-0.1, -0.05) is 24.3 Å². The molecule has 146 valence electrons. The fraction of sp³-hybridized carbons (Fsp3) is 0.650. The molecule has 0 aromatic heterocycles. The van der Waals surface area contributed by atoms with E-state index in [9.17, 15) is 0 Å². The van der Waals surface area contributed by atoms with Crippen molar-refractivity contribution in [1.29, 1.82) is 0 Å². The highest BCUT2D eigenvalue weighted by atomic mass is 32.2. The summed E-state index contributed by atoms with van der Waals surface area (Å²) >= 11 is 2.03. The lowest BCUT2D eigenvalue weighted by molar-refractivity contribution is 0.0453. The van der Waals surface area contributed by atoms with Gasteiger partial charge < -0.3 is 19.7 Å². The highest BCUT2D eigenvalue weighted by Crippen LogP contribution is 2.29. The summed E-state index contributed by atoms with van der Waals surface area (Å²) in [6, 6.07) is 8.52. The molecule has 1 aliphatic rings. The molecule has 1 saturated heterocycles. The van der Waals surface area contributed by atoms with E-state index in [0.29, 0.717) is 19.8 Å². The zero-order chi connectivity index (χ0) is 18.8. The second-order valence-electron chi connectivity index (χ2n) is 7.00. The van der Waals surface area contributed by atoms with Crippen LogP contribution in [-0.2, 0) is 22.6 Å². The highest BCUT2D eigenvalue weighted by molar-refractivity contribution is 8.00. The van der Waals surface area contributed by atoms with Crippen LogP contribution in [0.15, 0.2) is 29.3 Å². The SMILES string of the molecule is CCOCCOCc1cccc(CNC(=NC)N2CCSC(C)(C)C2)c1. The van der Waals surface area contributed by atoms with Gasteiger partial charge in [-0.25, -0.2) is 0 Å². The van der Waals surface area contributed by atoms with Crippen LogP contribution in [0, 0.1) is 0 Å². The molecule has 1 aromatic rings. The molecule has 0 aliphatic carbocycles. The van der Waals surface area contributed by atoms with E-state index in [1.165, 1.54) is 11.1 Å². The molecule has 0 unspecified atom stereocenters. The van der Waals surface area contributed by atoms with Crippen molar-refractivity contribution in [2.24, 2.45) is 4.99 Å². The van der Waals surface area contributed by atoms with Crippen LogP contribution >= 0.6 is 11.8 Å². The summed E-state index contributed by atoms with van der Waals surface area (Å²) in [5.41, 5.74) is 2.42. The van der Waals surface area contributed by atoms with Gasteiger partial charge in [-0.05, 0) is 31.9 Å². The first-order valence-electron chi connectivity index (χ1n) is 9.37. The Bertz CT molecular complexity index is 578. The molecular formula is C20H33N3O2S. The quantitative estimate of drug-likeness (QED) is 0.427. The molecule has 1 fully saturated rings. The minimum absolute atomic E-state index is 0.272. The molecule has 2 rings (SSSR count). The molecular weight excluding hydrogens is 346 g/mol. The van der Waals surface area contributed by atoms with Gasteiger partial charge in [0.1, 0.15) is 0 Å². The Morgan fingerprint density at radius 1 is 1.27 bits per heavy atom. The predicted octanol–water partition coefficient (Wildman–Crippen LogP) is 3.14. The normalized spacial score (nSPS) is 17.4. The van der Waals surface area contributed by atoms with E-state index in [0.717, 1.165) is 38.0 Å². The molecule has 1 aliphatic heterocycles. The standard InChI is InChI=1S/C20H33N3O2S/c1-5-24-10-11-25-15-18-8-6-7-17(13-18)14-22-19(21-4)23-9-12-26-20(2,3)16-23/h6-8,13H,5,9-12,14-16H2,1-4H3,(H,21,22). The van der Waals surface area contributed by atoms with Crippen molar-refractivity contribution in [3.8, 4) is 0 Å². The Balaban J connectivity index is 1.83. The first-order valence-corrected chi connectivity index (χ1v) is 10.4. The van der Waals surface area contributed by atoms with Crippen LogP contribution in [0.2, 0.25) is 0 Å². The molecule has 0 bridgehead atoms. The van der Waals surface area contributed by atoms with Gasteiger partial charge >= 0.3 is 0 Å². The van der Waals surface area contributed by atoms with Crippen LogP contribution in [0.1, 0.15) is 31.9 Å². The number of benzene rings is 1. The number of nitrogens with one attached hydrogen (secondary N) is 1. The summed E-state index contributed by atoms with van der Waals surface area (Å²) in [7, 11) is 1.86. The molecule has 0 amide bonds. The van der Waals surface area contributed by atoms with Crippen LogP contribution in [0.3, 0.4) is 0 Å². The van der Waals surface area contributed by atoms with Gasteiger partial charge in [0.15, 0.2) is 5.96 Å². The van der Waals surface area contributed by atoms with Gasteiger partial charge in [-0.2, -0.15) is 11.8 Å². The molecule has 0 atom stereocenters. The Hall–Kier alpha value is -1.24. The van der Waals surface area contributed by atoms with Crippen molar-refractivity contribution >= 4 is 17.7 Å². The number of hydrogen-bond acceptors (Lipinski definition) is 4. The fourth-order valence-electron chi connectivity index (χ4n) is 2.99. The molecule has 0 spiro atoms. The van der Waals surface area contributed by atoms with Gasteiger partial charge in [0.2, 0.25) is 0 Å². The predicted molar refractivity (Wildman–Crippen MR) is 111 cm³/mol. The van der Waals surface area contributed by atoms with E-state index < -0.39 is 0 Å². The van der Waals surface area contributed by atoms with E-state index in [2.05, 4.69) is 53.3 Å². The second-order valence-corrected chi connectivity index (χ2v) is 8.80. The summed E-state index contributed by atoms with van der Waals surface area (Å²) in [5.74, 6) is 2.12. The topological polar surface area (TPSA) is 46.1 Å².